The zero-order valence-corrected chi connectivity index (χ0v) is 15.4. The van der Waals surface area contributed by atoms with Crippen molar-refractivity contribution in [3.8, 4) is 0 Å². The average Bonchev–Trinajstić information content (AvgIpc) is 3.18. The zero-order chi connectivity index (χ0) is 18.4. The smallest absolute Gasteiger partial charge is 0.291 e. The summed E-state index contributed by atoms with van der Waals surface area (Å²) in [7, 11) is 0. The Kier molecular flexibility index (Phi) is 4.09. The van der Waals surface area contributed by atoms with Crippen LogP contribution >= 0.6 is 0 Å². The Morgan fingerprint density at radius 2 is 2.00 bits per heavy atom. The Bertz CT molecular complexity index is 1020. The molecule has 0 spiro atoms. The first-order valence-electron chi connectivity index (χ1n) is 9.31. The predicted molar refractivity (Wildman–Crippen MR) is 98.2 cm³/mol. The summed E-state index contributed by atoms with van der Waals surface area (Å²) >= 11 is 0. The molecule has 0 aromatic carbocycles. The van der Waals surface area contributed by atoms with Crippen LogP contribution in [0.25, 0.3) is 16.6 Å². The summed E-state index contributed by atoms with van der Waals surface area (Å²) in [6.07, 6.45) is 5.40. The molecule has 0 radical (unpaired) electrons. The van der Waals surface area contributed by atoms with Crippen LogP contribution in [0.15, 0.2) is 27.6 Å². The minimum absolute atomic E-state index is 0.0242. The molecule has 0 unspecified atom stereocenters. The maximum atomic E-state index is 12.9. The lowest BCUT2D eigenvalue weighted by molar-refractivity contribution is -0.138. The largest absolute Gasteiger partial charge is 0.463 e. The lowest BCUT2D eigenvalue weighted by atomic mass is 9.97. The minimum Gasteiger partial charge on any atom is -0.463 e. The summed E-state index contributed by atoms with van der Waals surface area (Å²) in [6, 6.07) is 3.96. The van der Waals surface area contributed by atoms with Crippen molar-refractivity contribution < 1.29 is 9.21 Å². The van der Waals surface area contributed by atoms with Crippen LogP contribution in [0.5, 0.6) is 0 Å². The molecule has 0 N–H and O–H groups in total. The summed E-state index contributed by atoms with van der Waals surface area (Å²) in [6.45, 7) is 6.11. The van der Waals surface area contributed by atoms with E-state index in [2.05, 4.69) is 18.9 Å². The molecule has 3 aromatic heterocycles. The molecular formula is C19H24N4O3. The van der Waals surface area contributed by atoms with Gasteiger partial charge in [-0.05, 0) is 33.1 Å². The molecule has 7 nitrogen and oxygen atoms in total. The molecule has 1 aliphatic heterocycles. The van der Waals surface area contributed by atoms with Crippen molar-refractivity contribution in [3.05, 3.63) is 34.6 Å². The molecule has 3 aromatic rings. The van der Waals surface area contributed by atoms with Gasteiger partial charge in [0, 0.05) is 30.6 Å². The van der Waals surface area contributed by atoms with Crippen molar-refractivity contribution in [2.45, 2.75) is 65.1 Å². The SMILES string of the molecule is CCc1nn(CC(=O)N2[C@H](C)CCC[C@H]2C)c(=O)c2cc3occc3n12. The number of nitrogens with zero attached hydrogens (tertiary/aromatic N) is 4. The number of amides is 1. The first kappa shape index (κ1) is 16.9. The quantitative estimate of drug-likeness (QED) is 0.723. The van der Waals surface area contributed by atoms with E-state index in [-0.39, 0.29) is 30.1 Å². The number of hydrogen-bond acceptors (Lipinski definition) is 4. The monoisotopic (exact) mass is 356 g/mol. The fourth-order valence-corrected chi connectivity index (χ4v) is 4.18. The molecule has 1 saturated heterocycles. The van der Waals surface area contributed by atoms with Gasteiger partial charge in [0.25, 0.3) is 5.56 Å². The van der Waals surface area contributed by atoms with E-state index in [1.54, 1.807) is 12.3 Å². The standard InChI is InChI=1S/C19H24N4O3/c1-4-17-20-21(11-18(24)22-12(2)6-5-7-13(22)3)19(25)15-10-16-14(23(15)17)8-9-26-16/h8-10,12-13H,4-7,11H2,1-3H3/t12-,13-/m1/s1. The highest BCUT2D eigenvalue weighted by molar-refractivity contribution is 5.82. The molecule has 1 amide bonds. The van der Waals surface area contributed by atoms with Gasteiger partial charge in [-0.25, -0.2) is 4.68 Å². The molecule has 7 heteroatoms. The van der Waals surface area contributed by atoms with Gasteiger partial charge in [0.15, 0.2) is 5.58 Å². The fourth-order valence-electron chi connectivity index (χ4n) is 4.18. The number of piperidine rings is 1. The highest BCUT2D eigenvalue weighted by Crippen LogP contribution is 2.23. The van der Waals surface area contributed by atoms with Crippen LogP contribution in [0.3, 0.4) is 0 Å². The molecule has 2 atom stereocenters. The van der Waals surface area contributed by atoms with Gasteiger partial charge in [-0.1, -0.05) is 6.92 Å². The van der Waals surface area contributed by atoms with Crippen molar-refractivity contribution in [3.63, 3.8) is 0 Å². The average molecular weight is 356 g/mol. The van der Waals surface area contributed by atoms with E-state index in [1.165, 1.54) is 4.68 Å². The second-order valence-corrected chi connectivity index (χ2v) is 7.20. The molecule has 1 fully saturated rings. The highest BCUT2D eigenvalue weighted by atomic mass is 16.3. The number of hydrogen-bond donors (Lipinski definition) is 0. The number of carbonyl (C=O) groups is 1. The molecule has 0 saturated carbocycles. The second kappa shape index (κ2) is 6.30. The van der Waals surface area contributed by atoms with Crippen LogP contribution in [-0.2, 0) is 17.8 Å². The summed E-state index contributed by atoms with van der Waals surface area (Å²) in [5.41, 5.74) is 1.72. The number of likely N-dealkylation sites (tertiary alicyclic amines) is 1. The number of aromatic nitrogens is 3. The van der Waals surface area contributed by atoms with Crippen molar-refractivity contribution in [1.29, 1.82) is 0 Å². The van der Waals surface area contributed by atoms with E-state index in [0.29, 0.717) is 17.5 Å². The Labute approximate surface area is 151 Å². The first-order chi connectivity index (χ1) is 12.5. The van der Waals surface area contributed by atoms with Crippen LogP contribution < -0.4 is 5.56 Å². The molecule has 1 aliphatic rings. The highest BCUT2D eigenvalue weighted by Gasteiger charge is 2.29. The molecule has 0 bridgehead atoms. The van der Waals surface area contributed by atoms with Crippen LogP contribution in [0.1, 0.15) is 45.9 Å². The van der Waals surface area contributed by atoms with Crippen molar-refractivity contribution in [1.82, 2.24) is 19.1 Å². The van der Waals surface area contributed by atoms with Crippen molar-refractivity contribution in [2.24, 2.45) is 0 Å². The topological polar surface area (TPSA) is 72.8 Å². The zero-order valence-electron chi connectivity index (χ0n) is 15.4. The third-order valence-corrected chi connectivity index (χ3v) is 5.45. The molecule has 4 heterocycles. The van der Waals surface area contributed by atoms with Crippen LogP contribution in [0.4, 0.5) is 0 Å². The number of carbonyl (C=O) groups excluding carboxylic acids is 1. The lowest BCUT2D eigenvalue weighted by Gasteiger charge is -2.39. The van der Waals surface area contributed by atoms with Gasteiger partial charge in [-0.3, -0.25) is 14.0 Å². The third kappa shape index (κ3) is 2.53. The Morgan fingerprint density at radius 3 is 2.69 bits per heavy atom. The second-order valence-electron chi connectivity index (χ2n) is 7.20. The first-order valence-corrected chi connectivity index (χ1v) is 9.31. The fraction of sp³-hybridized carbons (Fsp3) is 0.526. The van der Waals surface area contributed by atoms with Crippen LogP contribution in [-0.4, -0.2) is 37.1 Å². The Hall–Kier alpha value is -2.57. The summed E-state index contributed by atoms with van der Waals surface area (Å²) in [5, 5.41) is 4.48. The van der Waals surface area contributed by atoms with E-state index >= 15 is 0 Å². The van der Waals surface area contributed by atoms with Crippen LogP contribution in [0.2, 0.25) is 0 Å². The predicted octanol–water partition coefficient (Wildman–Crippen LogP) is 2.59. The van der Waals surface area contributed by atoms with Crippen LogP contribution in [0, 0.1) is 0 Å². The van der Waals surface area contributed by atoms with Gasteiger partial charge in [-0.2, -0.15) is 5.10 Å². The molecule has 26 heavy (non-hydrogen) atoms. The van der Waals surface area contributed by atoms with Crippen molar-refractivity contribution in [2.75, 3.05) is 0 Å². The molecule has 138 valence electrons. The van der Waals surface area contributed by atoms with E-state index in [9.17, 15) is 9.59 Å². The maximum Gasteiger partial charge on any atom is 0.291 e. The van der Waals surface area contributed by atoms with Gasteiger partial charge in [0.2, 0.25) is 5.91 Å². The third-order valence-electron chi connectivity index (χ3n) is 5.45. The summed E-state index contributed by atoms with van der Waals surface area (Å²) in [5.74, 6) is 0.699. The van der Waals surface area contributed by atoms with E-state index in [0.717, 1.165) is 30.6 Å². The Balaban J connectivity index is 1.76. The normalized spacial score (nSPS) is 21.0. The van der Waals surface area contributed by atoms with E-state index in [1.807, 2.05) is 22.3 Å². The van der Waals surface area contributed by atoms with E-state index in [4.69, 9.17) is 4.42 Å². The van der Waals surface area contributed by atoms with Gasteiger partial charge in [0.1, 0.15) is 17.9 Å². The minimum atomic E-state index is -0.265. The molecule has 0 aliphatic carbocycles. The molecule has 4 rings (SSSR count). The maximum absolute atomic E-state index is 12.9. The van der Waals surface area contributed by atoms with Crippen molar-refractivity contribution >= 4 is 22.5 Å². The van der Waals surface area contributed by atoms with Gasteiger partial charge in [-0.15, -0.1) is 0 Å². The van der Waals surface area contributed by atoms with E-state index < -0.39 is 0 Å². The van der Waals surface area contributed by atoms with Gasteiger partial charge in [0.05, 0.1) is 11.8 Å². The van der Waals surface area contributed by atoms with Gasteiger partial charge < -0.3 is 9.32 Å². The summed E-state index contributed by atoms with van der Waals surface area (Å²) in [4.78, 5) is 27.7. The summed E-state index contributed by atoms with van der Waals surface area (Å²) < 4.78 is 8.57. The Morgan fingerprint density at radius 1 is 1.27 bits per heavy atom. The number of rotatable bonds is 3. The van der Waals surface area contributed by atoms with Gasteiger partial charge >= 0.3 is 0 Å². The number of fused-ring (bicyclic) bond motifs is 3. The number of aryl methyl sites for hydroxylation is 1. The number of furan rings is 1. The lowest BCUT2D eigenvalue weighted by Crippen LogP contribution is -2.49. The molecular weight excluding hydrogens is 332 g/mol.